The van der Waals surface area contributed by atoms with Gasteiger partial charge in [0.25, 0.3) is 5.91 Å². The number of rotatable bonds is 5. The van der Waals surface area contributed by atoms with Gasteiger partial charge in [-0.15, -0.1) is 0 Å². The topological polar surface area (TPSA) is 23.6 Å². The maximum Gasteiger partial charge on any atom is 0.254 e. The molecule has 0 bridgehead atoms. The third-order valence-electron chi connectivity index (χ3n) is 8.00. The van der Waals surface area contributed by atoms with Gasteiger partial charge in [-0.05, 0) is 91.1 Å². The van der Waals surface area contributed by atoms with Crippen LogP contribution in [0.25, 0.3) is 10.8 Å². The second-order valence-electron chi connectivity index (χ2n) is 10.5. The first-order valence-corrected chi connectivity index (χ1v) is 13.2. The van der Waals surface area contributed by atoms with Crippen LogP contribution in [-0.2, 0) is 12.8 Å². The number of hydrogen-bond acceptors (Lipinski definition) is 2. The van der Waals surface area contributed by atoms with Crippen LogP contribution in [0, 0.1) is 19.8 Å². The van der Waals surface area contributed by atoms with Crippen molar-refractivity contribution in [2.75, 3.05) is 32.7 Å². The van der Waals surface area contributed by atoms with E-state index in [9.17, 15) is 4.79 Å². The lowest BCUT2D eigenvalue weighted by atomic mass is 9.92. The van der Waals surface area contributed by atoms with Gasteiger partial charge in [0.1, 0.15) is 0 Å². The molecule has 0 aromatic heterocycles. The largest absolute Gasteiger partial charge is 0.338 e. The molecule has 1 saturated heterocycles. The highest BCUT2D eigenvalue weighted by atomic mass is 16.2. The summed E-state index contributed by atoms with van der Waals surface area (Å²) in [5, 5.41) is 2.65. The van der Waals surface area contributed by atoms with Crippen LogP contribution in [0.1, 0.15) is 58.3 Å². The molecule has 0 saturated carbocycles. The summed E-state index contributed by atoms with van der Waals surface area (Å²) in [5.74, 6) is 0.808. The zero-order valence-electron chi connectivity index (χ0n) is 20.9. The Kier molecular flexibility index (Phi) is 7.01. The van der Waals surface area contributed by atoms with E-state index in [4.69, 9.17) is 0 Å². The normalized spacial score (nSPS) is 19.6. The molecule has 2 heterocycles. The van der Waals surface area contributed by atoms with E-state index in [0.717, 1.165) is 44.6 Å². The Hall–Kier alpha value is -2.65. The molecule has 3 heteroatoms. The minimum absolute atomic E-state index is 0.245. The Morgan fingerprint density at radius 2 is 1.71 bits per heavy atom. The molecule has 3 aromatic carbocycles. The molecule has 2 aliphatic rings. The smallest absolute Gasteiger partial charge is 0.254 e. The Morgan fingerprint density at radius 1 is 0.882 bits per heavy atom. The highest BCUT2D eigenvalue weighted by Crippen LogP contribution is 2.25. The first kappa shape index (κ1) is 23.1. The molecule has 1 unspecified atom stereocenters. The number of hydrogen-bond donors (Lipinski definition) is 0. The van der Waals surface area contributed by atoms with E-state index in [2.05, 4.69) is 78.2 Å². The number of fused-ring (bicyclic) bond motifs is 2. The molecule has 0 aliphatic carbocycles. The summed E-state index contributed by atoms with van der Waals surface area (Å²) >= 11 is 0. The highest BCUT2D eigenvalue weighted by molar-refractivity contribution is 5.97. The summed E-state index contributed by atoms with van der Waals surface area (Å²) in [6.45, 7) is 9.41. The van der Waals surface area contributed by atoms with E-state index < -0.39 is 0 Å². The monoisotopic (exact) mass is 454 g/mol. The molecule has 1 fully saturated rings. The van der Waals surface area contributed by atoms with Gasteiger partial charge < -0.3 is 9.80 Å². The summed E-state index contributed by atoms with van der Waals surface area (Å²) in [7, 11) is 0. The van der Waals surface area contributed by atoms with Crippen LogP contribution in [0.4, 0.5) is 0 Å². The van der Waals surface area contributed by atoms with Crippen molar-refractivity contribution in [3.63, 3.8) is 0 Å². The molecule has 0 N–H and O–H groups in total. The Balaban J connectivity index is 1.23. The average molecular weight is 455 g/mol. The second kappa shape index (κ2) is 10.3. The van der Waals surface area contributed by atoms with E-state index in [-0.39, 0.29) is 5.91 Å². The van der Waals surface area contributed by atoms with Crippen molar-refractivity contribution in [1.82, 2.24) is 9.80 Å². The fourth-order valence-electron chi connectivity index (χ4n) is 5.82. The standard InChI is InChI=1S/C31H38N2O/c1-23-18-29-14-17-33(31(34)30(29)19-24(23)2)22-26-8-4-3-7-15-32(21-26)16-13-25-11-12-27-9-5-6-10-28(27)20-25/h5-6,9-12,18-20,26H,3-4,7-8,13-17,21-22H2,1-2H3. The zero-order chi connectivity index (χ0) is 23.5. The molecular weight excluding hydrogens is 416 g/mol. The molecule has 1 amide bonds. The molecule has 3 aromatic rings. The predicted octanol–water partition coefficient (Wildman–Crippen LogP) is 6.19. The van der Waals surface area contributed by atoms with Crippen molar-refractivity contribution in [3.05, 3.63) is 82.4 Å². The van der Waals surface area contributed by atoms with E-state index in [1.165, 1.54) is 65.3 Å². The lowest BCUT2D eigenvalue weighted by Crippen LogP contribution is -2.44. The number of nitrogens with zero attached hydrogens (tertiary/aromatic N) is 2. The summed E-state index contributed by atoms with van der Waals surface area (Å²) in [5.41, 5.74) is 6.11. The van der Waals surface area contributed by atoms with Crippen LogP contribution in [0.2, 0.25) is 0 Å². The SMILES string of the molecule is Cc1cc2c(cc1C)C(=O)N(CC1CCCCCN(CCc3ccc4ccccc4c3)C1)CC2. The number of carbonyl (C=O) groups excluding carboxylic acids is 1. The van der Waals surface area contributed by atoms with Gasteiger partial charge in [0.15, 0.2) is 0 Å². The van der Waals surface area contributed by atoms with Gasteiger partial charge in [-0.2, -0.15) is 0 Å². The predicted molar refractivity (Wildman–Crippen MR) is 142 cm³/mol. The van der Waals surface area contributed by atoms with Crippen LogP contribution in [0.3, 0.4) is 0 Å². The van der Waals surface area contributed by atoms with Gasteiger partial charge in [-0.25, -0.2) is 0 Å². The second-order valence-corrected chi connectivity index (χ2v) is 10.5. The maximum atomic E-state index is 13.3. The highest BCUT2D eigenvalue weighted by Gasteiger charge is 2.28. The van der Waals surface area contributed by atoms with E-state index >= 15 is 0 Å². The van der Waals surface area contributed by atoms with Crippen LogP contribution in [0.15, 0.2) is 54.6 Å². The lowest BCUT2D eigenvalue weighted by Gasteiger charge is -2.35. The number of carbonyl (C=O) groups is 1. The van der Waals surface area contributed by atoms with Crippen molar-refractivity contribution < 1.29 is 4.79 Å². The van der Waals surface area contributed by atoms with Crippen LogP contribution >= 0.6 is 0 Å². The minimum atomic E-state index is 0.245. The van der Waals surface area contributed by atoms with Crippen molar-refractivity contribution >= 4 is 16.7 Å². The van der Waals surface area contributed by atoms with Crippen LogP contribution < -0.4 is 0 Å². The zero-order valence-corrected chi connectivity index (χ0v) is 20.9. The van der Waals surface area contributed by atoms with Crippen LogP contribution in [-0.4, -0.2) is 48.4 Å². The molecular formula is C31H38N2O. The van der Waals surface area contributed by atoms with Gasteiger partial charge in [-0.3, -0.25) is 4.79 Å². The molecule has 0 radical (unpaired) electrons. The van der Waals surface area contributed by atoms with Crippen molar-refractivity contribution in [3.8, 4) is 0 Å². The van der Waals surface area contributed by atoms with Gasteiger partial charge >= 0.3 is 0 Å². The van der Waals surface area contributed by atoms with E-state index in [1.54, 1.807) is 0 Å². The Labute approximate surface area is 204 Å². The molecule has 0 spiro atoms. The summed E-state index contributed by atoms with van der Waals surface area (Å²) in [6, 6.07) is 19.9. The Bertz CT molecular complexity index is 1170. The maximum absolute atomic E-state index is 13.3. The van der Waals surface area contributed by atoms with Crippen molar-refractivity contribution in [1.29, 1.82) is 0 Å². The molecule has 3 nitrogen and oxygen atoms in total. The minimum Gasteiger partial charge on any atom is -0.338 e. The van der Waals surface area contributed by atoms with Crippen molar-refractivity contribution in [2.24, 2.45) is 5.92 Å². The summed E-state index contributed by atoms with van der Waals surface area (Å²) < 4.78 is 0. The fourth-order valence-corrected chi connectivity index (χ4v) is 5.82. The summed E-state index contributed by atoms with van der Waals surface area (Å²) in [6.07, 6.45) is 7.19. The third kappa shape index (κ3) is 5.20. The van der Waals surface area contributed by atoms with E-state index in [0.29, 0.717) is 5.92 Å². The first-order valence-electron chi connectivity index (χ1n) is 13.2. The number of aryl methyl sites for hydroxylation is 2. The number of benzene rings is 3. The van der Waals surface area contributed by atoms with Gasteiger partial charge in [0, 0.05) is 31.7 Å². The number of likely N-dealkylation sites (tertiary alicyclic amines) is 1. The van der Waals surface area contributed by atoms with Crippen LogP contribution in [0.5, 0.6) is 0 Å². The number of amides is 1. The van der Waals surface area contributed by atoms with Crippen molar-refractivity contribution in [2.45, 2.75) is 52.4 Å². The van der Waals surface area contributed by atoms with Gasteiger partial charge in [-0.1, -0.05) is 61.4 Å². The molecule has 178 valence electrons. The van der Waals surface area contributed by atoms with E-state index in [1.807, 2.05) is 0 Å². The Morgan fingerprint density at radius 3 is 2.59 bits per heavy atom. The van der Waals surface area contributed by atoms with Gasteiger partial charge in [0.05, 0.1) is 0 Å². The summed E-state index contributed by atoms with van der Waals surface area (Å²) in [4.78, 5) is 18.1. The molecule has 5 rings (SSSR count). The molecule has 34 heavy (non-hydrogen) atoms. The first-order chi connectivity index (χ1) is 16.6. The third-order valence-corrected chi connectivity index (χ3v) is 8.00. The molecule has 1 atom stereocenters. The quantitative estimate of drug-likeness (QED) is 0.459. The fraction of sp³-hybridized carbons (Fsp3) is 0.452. The average Bonchev–Trinajstić information content (AvgIpc) is 2.83. The lowest BCUT2D eigenvalue weighted by molar-refractivity contribution is 0.0681. The van der Waals surface area contributed by atoms with Gasteiger partial charge in [0.2, 0.25) is 0 Å². The molecule has 2 aliphatic heterocycles.